The third-order valence-corrected chi connectivity index (χ3v) is 13.2. The standard InChI is InChI=1S/C47H50N2O18/c1-23-24(2)40(54)66-37-35(64-42(56)30-16-12-18-48-20-30)39(63-28(6)53)46(22-59-25(3)50)38(62-27(5)52)34(61-26(4)51)32-36(65-41(55)29-14-10-9-11-15-29)47(46,45(37,8)58)67-44(32,7)21-60-43(57)31-17-13-19-49-33(23)31/h9-20,23-24,32,34-39,58H,21-22H2,1-8H3/t23-,24-,32-,34+,35-,36+,37-,38+,39-,44-,45-,46+,47-/m0/s1. The molecule has 2 aromatic heterocycles. The van der Waals surface area contributed by atoms with Gasteiger partial charge in [-0.1, -0.05) is 32.0 Å². The fourth-order valence-corrected chi connectivity index (χ4v) is 10.3. The highest BCUT2D eigenvalue weighted by Gasteiger charge is 2.92. The van der Waals surface area contributed by atoms with E-state index in [1.165, 1.54) is 74.8 Å². The molecule has 0 amide bonds. The molecule has 67 heavy (non-hydrogen) atoms. The molecule has 1 spiro atoms. The van der Waals surface area contributed by atoms with E-state index >= 15 is 0 Å². The number of carbonyl (C=O) groups is 8. The molecule has 2 aliphatic carbocycles. The lowest BCUT2D eigenvalue weighted by Crippen LogP contribution is -2.89. The number of benzene rings is 1. The van der Waals surface area contributed by atoms with Gasteiger partial charge in [0.25, 0.3) is 0 Å². The van der Waals surface area contributed by atoms with Crippen molar-refractivity contribution in [3.63, 3.8) is 0 Å². The molecular weight excluding hydrogens is 881 g/mol. The number of esters is 8. The van der Waals surface area contributed by atoms with Gasteiger partial charge in [0.15, 0.2) is 30.0 Å². The first-order valence-corrected chi connectivity index (χ1v) is 21.4. The summed E-state index contributed by atoms with van der Waals surface area (Å²) in [6.45, 7) is 7.58. The zero-order valence-corrected chi connectivity index (χ0v) is 37.8. The third-order valence-electron chi connectivity index (χ3n) is 13.2. The number of pyridine rings is 2. The molecule has 0 unspecified atom stereocenters. The van der Waals surface area contributed by atoms with Crippen LogP contribution in [0.5, 0.6) is 0 Å². The lowest BCUT2D eigenvalue weighted by molar-refractivity contribution is -0.385. The number of ether oxygens (including phenoxy) is 9. The summed E-state index contributed by atoms with van der Waals surface area (Å²) in [5.41, 5.74) is -10.8. The molecule has 3 fully saturated rings. The van der Waals surface area contributed by atoms with Crippen molar-refractivity contribution in [1.82, 2.24) is 9.97 Å². The number of aliphatic hydroxyl groups is 1. The highest BCUT2D eigenvalue weighted by molar-refractivity contribution is 5.92. The Labute approximate surface area is 383 Å². The van der Waals surface area contributed by atoms with Gasteiger partial charge in [-0.25, -0.2) is 14.4 Å². The van der Waals surface area contributed by atoms with Crippen LogP contribution >= 0.6 is 0 Å². The third kappa shape index (κ3) is 8.15. The molecule has 13 atom stereocenters. The molecule has 0 radical (unpaired) electrons. The number of rotatable bonds is 9. The minimum atomic E-state index is -2.94. The Bertz CT molecular complexity index is 2460. The summed E-state index contributed by atoms with van der Waals surface area (Å²) in [6.07, 6.45) is -8.69. The van der Waals surface area contributed by atoms with Crippen molar-refractivity contribution in [2.45, 2.75) is 115 Å². The number of nitrogens with zero attached hydrogens (tertiary/aromatic N) is 2. The van der Waals surface area contributed by atoms with Crippen LogP contribution < -0.4 is 0 Å². The molecule has 1 aromatic carbocycles. The molecule has 1 saturated heterocycles. The van der Waals surface area contributed by atoms with E-state index < -0.39 is 138 Å². The number of aromatic nitrogens is 2. The lowest BCUT2D eigenvalue weighted by Gasteiger charge is -2.67. The molecule has 1 N–H and O–H groups in total. The summed E-state index contributed by atoms with van der Waals surface area (Å²) < 4.78 is 56.4. The first-order valence-electron chi connectivity index (χ1n) is 21.4. The lowest BCUT2D eigenvalue weighted by atomic mass is 9.45. The smallest absolute Gasteiger partial charge is 0.340 e. The average molecular weight is 931 g/mol. The molecule has 3 aromatic rings. The summed E-state index contributed by atoms with van der Waals surface area (Å²) in [5, 5.41) is 13.9. The number of hydrogen-bond acceptors (Lipinski definition) is 20. The predicted octanol–water partition coefficient (Wildman–Crippen LogP) is 3.02. The zero-order chi connectivity index (χ0) is 48.8. The van der Waals surface area contributed by atoms with Gasteiger partial charge in [0.2, 0.25) is 0 Å². The van der Waals surface area contributed by atoms with E-state index in [0.29, 0.717) is 0 Å². The maximum Gasteiger partial charge on any atom is 0.340 e. The SMILES string of the molecule is CC(=O)OC[C@]12[C@H](OC(C)=O)[C@H](OC(C)=O)[C@H]3[C@@H](OC(=O)c4ccccc4)[C@@]14O[C@@]3(C)COC(=O)c1cccnc1[C@@H](C)[C@H](C)C(=O)O[C@@H]([C@H](OC(=O)c1cccnc1)[C@@H]2OC(C)=O)[C@]4(C)O. The summed E-state index contributed by atoms with van der Waals surface area (Å²) >= 11 is 0. The minimum absolute atomic E-state index is 0.0424. The molecular formula is C47H50N2O18. The molecule has 20 heteroatoms. The van der Waals surface area contributed by atoms with Gasteiger partial charge >= 0.3 is 47.8 Å². The predicted molar refractivity (Wildman–Crippen MR) is 223 cm³/mol. The van der Waals surface area contributed by atoms with E-state index in [9.17, 15) is 43.5 Å². The van der Waals surface area contributed by atoms with E-state index in [1.807, 2.05) is 0 Å². The van der Waals surface area contributed by atoms with E-state index in [0.717, 1.165) is 40.8 Å². The van der Waals surface area contributed by atoms with Gasteiger partial charge in [-0.05, 0) is 50.2 Å². The first-order chi connectivity index (χ1) is 31.6. The topological polar surface area (TPSA) is 266 Å². The fraction of sp³-hybridized carbons (Fsp3) is 0.489. The number of cyclic esters (lactones) is 1. The van der Waals surface area contributed by atoms with Crippen LogP contribution in [0.25, 0.3) is 0 Å². The van der Waals surface area contributed by atoms with Crippen molar-refractivity contribution in [3.05, 3.63) is 95.6 Å². The molecule has 7 rings (SSSR count). The van der Waals surface area contributed by atoms with Crippen molar-refractivity contribution < 1.29 is 86.1 Å². The Morgan fingerprint density at radius 3 is 1.94 bits per heavy atom. The van der Waals surface area contributed by atoms with Crippen LogP contribution in [-0.2, 0) is 66.6 Å². The number of hydrogen-bond donors (Lipinski definition) is 1. The van der Waals surface area contributed by atoms with Crippen molar-refractivity contribution in [2.24, 2.45) is 17.3 Å². The first kappa shape index (κ1) is 48.1. The highest BCUT2D eigenvalue weighted by atomic mass is 16.7. The van der Waals surface area contributed by atoms with Gasteiger partial charge < -0.3 is 47.7 Å². The van der Waals surface area contributed by atoms with E-state index in [2.05, 4.69) is 9.97 Å². The summed E-state index contributed by atoms with van der Waals surface area (Å²) in [6, 6.07) is 13.2. The molecule has 4 aliphatic rings. The molecule has 4 heterocycles. The number of fused-ring (bicyclic) bond motifs is 5. The van der Waals surface area contributed by atoms with Gasteiger partial charge in [-0.2, -0.15) is 0 Å². The maximum atomic E-state index is 14.8. The Hall–Kier alpha value is -6.80. The normalized spacial score (nSPS) is 34.1. The van der Waals surface area contributed by atoms with E-state index in [-0.39, 0.29) is 22.4 Å². The minimum Gasteiger partial charge on any atom is -0.465 e. The highest BCUT2D eigenvalue weighted by Crippen LogP contribution is 2.70. The van der Waals surface area contributed by atoms with Crippen LogP contribution in [0.3, 0.4) is 0 Å². The summed E-state index contributed by atoms with van der Waals surface area (Å²) in [4.78, 5) is 120. The molecule has 2 saturated carbocycles. The van der Waals surface area contributed by atoms with Gasteiger partial charge in [-0.15, -0.1) is 0 Å². The Balaban J connectivity index is 1.64. The second kappa shape index (κ2) is 18.1. The molecule has 356 valence electrons. The van der Waals surface area contributed by atoms with Crippen LogP contribution in [0.1, 0.15) is 98.1 Å². The van der Waals surface area contributed by atoms with Gasteiger partial charge in [-0.3, -0.25) is 33.9 Å². The van der Waals surface area contributed by atoms with E-state index in [1.54, 1.807) is 13.0 Å². The Morgan fingerprint density at radius 2 is 1.33 bits per heavy atom. The summed E-state index contributed by atoms with van der Waals surface area (Å²) in [7, 11) is 0. The quantitative estimate of drug-likeness (QED) is 0.239. The summed E-state index contributed by atoms with van der Waals surface area (Å²) in [5.74, 6) is -12.2. The zero-order valence-electron chi connectivity index (χ0n) is 37.8. The van der Waals surface area contributed by atoms with Crippen molar-refractivity contribution in [3.8, 4) is 0 Å². The Kier molecular flexibility index (Phi) is 13.0. The van der Waals surface area contributed by atoms with Crippen LogP contribution in [0.15, 0.2) is 73.2 Å². The molecule has 4 bridgehead atoms. The van der Waals surface area contributed by atoms with Crippen LogP contribution in [0.4, 0.5) is 0 Å². The van der Waals surface area contributed by atoms with E-state index in [4.69, 9.17) is 42.6 Å². The van der Waals surface area contributed by atoms with Crippen molar-refractivity contribution >= 4 is 47.8 Å². The van der Waals surface area contributed by atoms with Gasteiger partial charge in [0.1, 0.15) is 42.0 Å². The monoisotopic (exact) mass is 930 g/mol. The molecule has 2 aliphatic heterocycles. The Morgan fingerprint density at radius 1 is 0.716 bits per heavy atom. The van der Waals surface area contributed by atoms with Crippen LogP contribution in [0.2, 0.25) is 0 Å². The average Bonchev–Trinajstić information content (AvgIpc) is 3.51. The second-order valence-electron chi connectivity index (χ2n) is 17.5. The largest absolute Gasteiger partial charge is 0.465 e. The van der Waals surface area contributed by atoms with Crippen molar-refractivity contribution in [1.29, 1.82) is 0 Å². The van der Waals surface area contributed by atoms with Crippen molar-refractivity contribution in [2.75, 3.05) is 13.2 Å². The van der Waals surface area contributed by atoms with Gasteiger partial charge in [0, 0.05) is 52.2 Å². The van der Waals surface area contributed by atoms with Gasteiger partial charge in [0.05, 0.1) is 34.2 Å². The van der Waals surface area contributed by atoms with Crippen LogP contribution in [-0.4, -0.2) is 129 Å². The second-order valence-corrected chi connectivity index (χ2v) is 17.5. The van der Waals surface area contributed by atoms with Crippen LogP contribution in [0, 0.1) is 17.3 Å². The number of carbonyl (C=O) groups excluding carboxylic acids is 8. The fourth-order valence-electron chi connectivity index (χ4n) is 10.3. The molecule has 20 nitrogen and oxygen atoms in total. The maximum absolute atomic E-state index is 14.8.